The normalized spacial score (nSPS) is 12.6. The van der Waals surface area contributed by atoms with Crippen LogP contribution >= 0.6 is 11.8 Å². The van der Waals surface area contributed by atoms with Crippen LogP contribution in [0.1, 0.15) is 20.7 Å². The third-order valence-electron chi connectivity index (χ3n) is 4.61. The van der Waals surface area contributed by atoms with Gasteiger partial charge in [0.15, 0.2) is 0 Å². The van der Waals surface area contributed by atoms with Crippen LogP contribution in [0.5, 0.6) is 0 Å². The number of imide groups is 1. The molecule has 0 aromatic heterocycles. The number of hydrogen-bond donors (Lipinski definition) is 2. The maximum atomic E-state index is 12.4. The van der Waals surface area contributed by atoms with E-state index >= 15 is 0 Å². The van der Waals surface area contributed by atoms with Crippen molar-refractivity contribution in [2.24, 2.45) is 0 Å². The molecule has 0 radical (unpaired) electrons. The molecule has 0 spiro atoms. The van der Waals surface area contributed by atoms with Crippen molar-refractivity contribution in [3.63, 3.8) is 0 Å². The number of nitrogens with zero attached hydrogens (tertiary/aromatic N) is 1. The van der Waals surface area contributed by atoms with Crippen LogP contribution in [0.3, 0.4) is 0 Å². The van der Waals surface area contributed by atoms with Gasteiger partial charge >= 0.3 is 6.03 Å². The van der Waals surface area contributed by atoms with Crippen molar-refractivity contribution in [2.45, 2.75) is 9.79 Å². The molecule has 1 heterocycles. The predicted molar refractivity (Wildman–Crippen MR) is 116 cm³/mol. The molecule has 1 aliphatic heterocycles. The summed E-state index contributed by atoms with van der Waals surface area (Å²) in [5.41, 5.74) is 1.49. The molecule has 0 atom stereocenters. The summed E-state index contributed by atoms with van der Waals surface area (Å²) in [6, 6.07) is 23.7. The summed E-state index contributed by atoms with van der Waals surface area (Å²) >= 11 is 1.55. The van der Waals surface area contributed by atoms with Gasteiger partial charge in [0.05, 0.1) is 16.8 Å². The molecule has 6 nitrogen and oxygen atoms in total. The minimum absolute atomic E-state index is 0.111. The minimum Gasteiger partial charge on any atom is -0.336 e. The van der Waals surface area contributed by atoms with Gasteiger partial charge in [-0.15, -0.1) is 0 Å². The Morgan fingerprint density at radius 1 is 0.800 bits per heavy atom. The molecule has 0 fully saturated rings. The van der Waals surface area contributed by atoms with Gasteiger partial charge in [-0.05, 0) is 36.4 Å². The fourth-order valence-corrected chi connectivity index (χ4v) is 4.09. The molecule has 0 unspecified atom stereocenters. The maximum absolute atomic E-state index is 12.4. The second kappa shape index (κ2) is 8.84. The Morgan fingerprint density at radius 2 is 1.40 bits per heavy atom. The van der Waals surface area contributed by atoms with Gasteiger partial charge in [0, 0.05) is 22.9 Å². The average molecular weight is 417 g/mol. The lowest BCUT2D eigenvalue weighted by atomic mass is 10.1. The Labute approximate surface area is 178 Å². The second-order valence-electron chi connectivity index (χ2n) is 6.60. The van der Waals surface area contributed by atoms with Crippen LogP contribution in [0, 0.1) is 0 Å². The smallest absolute Gasteiger partial charge is 0.319 e. The Morgan fingerprint density at radius 3 is 2.10 bits per heavy atom. The Hall–Kier alpha value is -3.58. The highest BCUT2D eigenvalue weighted by Gasteiger charge is 2.34. The number of amides is 4. The van der Waals surface area contributed by atoms with Crippen molar-refractivity contribution in [3.05, 3.63) is 90.0 Å². The van der Waals surface area contributed by atoms with Crippen LogP contribution < -0.4 is 10.6 Å². The van der Waals surface area contributed by atoms with Crippen molar-refractivity contribution in [1.29, 1.82) is 0 Å². The zero-order chi connectivity index (χ0) is 20.9. The first-order valence-electron chi connectivity index (χ1n) is 9.45. The van der Waals surface area contributed by atoms with Crippen LogP contribution in [0.2, 0.25) is 0 Å². The fourth-order valence-electron chi connectivity index (χ4n) is 3.16. The van der Waals surface area contributed by atoms with Crippen LogP contribution in [-0.2, 0) is 0 Å². The van der Waals surface area contributed by atoms with Crippen molar-refractivity contribution < 1.29 is 14.4 Å². The molecule has 3 aromatic rings. The summed E-state index contributed by atoms with van der Waals surface area (Å²) < 4.78 is 0. The molecule has 4 amide bonds. The van der Waals surface area contributed by atoms with E-state index < -0.39 is 6.03 Å². The molecular weight excluding hydrogens is 398 g/mol. The lowest BCUT2D eigenvalue weighted by Gasteiger charge is -2.15. The van der Waals surface area contributed by atoms with Gasteiger partial charge in [-0.3, -0.25) is 14.5 Å². The third-order valence-corrected chi connectivity index (χ3v) is 5.69. The van der Waals surface area contributed by atoms with Gasteiger partial charge in [0.25, 0.3) is 11.8 Å². The topological polar surface area (TPSA) is 78.5 Å². The Bertz CT molecular complexity index is 1070. The van der Waals surface area contributed by atoms with E-state index in [0.717, 1.165) is 14.7 Å². The number of rotatable bonds is 6. The van der Waals surface area contributed by atoms with E-state index in [4.69, 9.17) is 0 Å². The van der Waals surface area contributed by atoms with Crippen LogP contribution in [0.4, 0.5) is 10.5 Å². The monoisotopic (exact) mass is 417 g/mol. The van der Waals surface area contributed by atoms with Gasteiger partial charge in [-0.1, -0.05) is 54.2 Å². The predicted octanol–water partition coefficient (Wildman–Crippen LogP) is 4.26. The largest absolute Gasteiger partial charge is 0.336 e. The molecule has 0 saturated carbocycles. The number of para-hydroxylation sites is 1. The van der Waals surface area contributed by atoms with Crippen LogP contribution in [-0.4, -0.2) is 35.8 Å². The van der Waals surface area contributed by atoms with Crippen molar-refractivity contribution in [2.75, 3.05) is 18.4 Å². The molecule has 7 heteroatoms. The SMILES string of the molecule is O=C(NCCN1C(=O)c2ccccc2C1=O)Nc1ccccc1Sc1ccccc1. The fraction of sp³-hybridized carbons (Fsp3) is 0.0870. The standard InChI is InChI=1S/C23H19N3O3S/c27-21-17-10-4-5-11-18(17)22(28)26(21)15-14-24-23(29)25-19-12-6-7-13-20(19)30-16-8-2-1-3-9-16/h1-13H,14-15H2,(H2,24,25,29). The molecule has 0 aliphatic carbocycles. The molecule has 0 bridgehead atoms. The van der Waals surface area contributed by atoms with E-state index in [2.05, 4.69) is 10.6 Å². The Balaban J connectivity index is 1.33. The second-order valence-corrected chi connectivity index (χ2v) is 7.72. The number of carbonyl (C=O) groups is 3. The summed E-state index contributed by atoms with van der Waals surface area (Å²) in [6.07, 6.45) is 0. The first-order valence-corrected chi connectivity index (χ1v) is 10.3. The highest BCUT2D eigenvalue weighted by molar-refractivity contribution is 7.99. The van der Waals surface area contributed by atoms with Crippen LogP contribution in [0.25, 0.3) is 0 Å². The number of nitrogens with one attached hydrogen (secondary N) is 2. The first kappa shape index (κ1) is 19.7. The molecule has 30 heavy (non-hydrogen) atoms. The quantitative estimate of drug-likeness (QED) is 0.588. The van der Waals surface area contributed by atoms with Gasteiger partial charge in [0.2, 0.25) is 0 Å². The van der Waals surface area contributed by atoms with Crippen molar-refractivity contribution in [3.8, 4) is 0 Å². The minimum atomic E-state index is -0.396. The molecule has 4 rings (SSSR count). The van der Waals surface area contributed by atoms with Gasteiger partial charge in [-0.2, -0.15) is 0 Å². The first-order chi connectivity index (χ1) is 14.6. The van der Waals surface area contributed by atoms with Gasteiger partial charge < -0.3 is 10.6 Å². The average Bonchev–Trinajstić information content (AvgIpc) is 3.01. The van der Waals surface area contributed by atoms with Crippen molar-refractivity contribution >= 4 is 35.3 Å². The van der Waals surface area contributed by atoms with Crippen LogP contribution in [0.15, 0.2) is 88.7 Å². The van der Waals surface area contributed by atoms with Crippen molar-refractivity contribution in [1.82, 2.24) is 10.2 Å². The van der Waals surface area contributed by atoms with E-state index in [-0.39, 0.29) is 24.9 Å². The molecule has 150 valence electrons. The van der Waals surface area contributed by atoms with E-state index in [1.807, 2.05) is 54.6 Å². The maximum Gasteiger partial charge on any atom is 0.319 e. The summed E-state index contributed by atoms with van der Waals surface area (Å²) in [6.45, 7) is 0.269. The lowest BCUT2D eigenvalue weighted by molar-refractivity contribution is 0.0656. The summed E-state index contributed by atoms with van der Waals surface area (Å²) in [7, 11) is 0. The molecule has 3 aromatic carbocycles. The summed E-state index contributed by atoms with van der Waals surface area (Å²) in [5.74, 6) is -0.662. The third kappa shape index (κ3) is 4.21. The van der Waals surface area contributed by atoms with Gasteiger partial charge in [0.1, 0.15) is 0 Å². The molecule has 2 N–H and O–H groups in total. The highest BCUT2D eigenvalue weighted by atomic mass is 32.2. The molecule has 1 aliphatic rings. The van der Waals surface area contributed by atoms with E-state index in [9.17, 15) is 14.4 Å². The van der Waals surface area contributed by atoms with E-state index in [1.165, 1.54) is 0 Å². The number of carbonyl (C=O) groups excluding carboxylic acids is 3. The van der Waals surface area contributed by atoms with E-state index in [0.29, 0.717) is 16.8 Å². The number of fused-ring (bicyclic) bond motifs is 1. The Kier molecular flexibility index (Phi) is 5.81. The number of urea groups is 1. The van der Waals surface area contributed by atoms with E-state index in [1.54, 1.807) is 36.0 Å². The summed E-state index contributed by atoms with van der Waals surface area (Å²) in [5, 5.41) is 5.55. The lowest BCUT2D eigenvalue weighted by Crippen LogP contribution is -2.39. The molecular formula is C23H19N3O3S. The number of benzene rings is 3. The number of hydrogen-bond acceptors (Lipinski definition) is 4. The highest BCUT2D eigenvalue weighted by Crippen LogP contribution is 2.33. The zero-order valence-corrected chi connectivity index (χ0v) is 16.8. The number of anilines is 1. The molecule has 0 saturated heterocycles. The summed E-state index contributed by atoms with van der Waals surface area (Å²) in [4.78, 5) is 40.2. The van der Waals surface area contributed by atoms with Gasteiger partial charge in [-0.25, -0.2) is 4.79 Å². The zero-order valence-electron chi connectivity index (χ0n) is 16.0.